The average Bonchev–Trinajstić information content (AvgIpc) is 2.75. The van der Waals surface area contributed by atoms with E-state index < -0.39 is 0 Å². The first-order valence-electron chi connectivity index (χ1n) is 9.38. The minimum Gasteiger partial charge on any atom is -0.497 e. The number of rotatable bonds is 5. The minimum absolute atomic E-state index is 0.346. The Morgan fingerprint density at radius 2 is 1.85 bits per heavy atom. The summed E-state index contributed by atoms with van der Waals surface area (Å²) < 4.78 is 5.23. The number of methoxy groups -OCH3 is 1. The summed E-state index contributed by atoms with van der Waals surface area (Å²) in [6.07, 6.45) is 2.28. The van der Waals surface area contributed by atoms with Crippen LogP contribution in [0, 0.1) is 0 Å². The lowest BCUT2D eigenvalue weighted by Gasteiger charge is -2.22. The predicted molar refractivity (Wildman–Crippen MR) is 109 cm³/mol. The molecule has 2 heterocycles. The molecule has 27 heavy (non-hydrogen) atoms. The molecule has 1 aliphatic rings. The van der Waals surface area contributed by atoms with E-state index >= 15 is 0 Å². The quantitative estimate of drug-likeness (QED) is 0.708. The molecule has 5 nitrogen and oxygen atoms in total. The highest BCUT2D eigenvalue weighted by atomic mass is 16.5. The lowest BCUT2D eigenvalue weighted by Crippen LogP contribution is -2.29. The van der Waals surface area contributed by atoms with Crippen LogP contribution < -0.4 is 15.4 Å². The van der Waals surface area contributed by atoms with Crippen LogP contribution in [0.3, 0.4) is 0 Å². The smallest absolute Gasteiger partial charge is 0.135 e. The first-order valence-corrected chi connectivity index (χ1v) is 9.38. The Hall–Kier alpha value is -2.92. The molecule has 0 aliphatic carbocycles. The van der Waals surface area contributed by atoms with Crippen LogP contribution in [-0.2, 0) is 0 Å². The van der Waals surface area contributed by atoms with Crippen LogP contribution >= 0.6 is 0 Å². The van der Waals surface area contributed by atoms with Gasteiger partial charge in [0.05, 0.1) is 12.8 Å². The van der Waals surface area contributed by atoms with Crippen LogP contribution in [0.2, 0.25) is 0 Å². The van der Waals surface area contributed by atoms with Crippen molar-refractivity contribution < 1.29 is 4.74 Å². The van der Waals surface area contributed by atoms with E-state index in [9.17, 15) is 0 Å². The van der Waals surface area contributed by atoms with Gasteiger partial charge in [-0.1, -0.05) is 30.3 Å². The van der Waals surface area contributed by atoms with Crippen molar-refractivity contribution >= 4 is 11.5 Å². The van der Waals surface area contributed by atoms with Gasteiger partial charge in [0.2, 0.25) is 0 Å². The molecule has 4 rings (SSSR count). The maximum Gasteiger partial charge on any atom is 0.135 e. The normalized spacial score (nSPS) is 16.7. The van der Waals surface area contributed by atoms with Crippen LogP contribution in [0.4, 0.5) is 11.5 Å². The molecule has 0 amide bonds. The maximum atomic E-state index is 5.23. The maximum absolute atomic E-state index is 5.23. The molecule has 1 saturated heterocycles. The van der Waals surface area contributed by atoms with Crippen molar-refractivity contribution in [1.82, 2.24) is 15.3 Å². The van der Waals surface area contributed by atoms with Gasteiger partial charge in [0.15, 0.2) is 0 Å². The lowest BCUT2D eigenvalue weighted by atomic mass is 9.98. The van der Waals surface area contributed by atoms with Crippen molar-refractivity contribution in [2.75, 3.05) is 25.5 Å². The van der Waals surface area contributed by atoms with Crippen molar-refractivity contribution in [3.8, 4) is 17.0 Å². The number of ether oxygens (including phenoxy) is 1. The molecule has 1 unspecified atom stereocenters. The van der Waals surface area contributed by atoms with Crippen LogP contribution in [0.5, 0.6) is 5.75 Å². The van der Waals surface area contributed by atoms with Crippen LogP contribution in [-0.4, -0.2) is 30.2 Å². The zero-order chi connectivity index (χ0) is 18.5. The number of benzene rings is 2. The summed E-state index contributed by atoms with van der Waals surface area (Å²) >= 11 is 0. The molecule has 1 aliphatic heterocycles. The molecule has 0 saturated carbocycles. The van der Waals surface area contributed by atoms with E-state index in [1.807, 2.05) is 48.5 Å². The molecule has 2 N–H and O–H groups in total. The Morgan fingerprint density at radius 3 is 2.56 bits per heavy atom. The highest BCUT2D eigenvalue weighted by Gasteiger charge is 2.19. The van der Waals surface area contributed by atoms with Crippen LogP contribution in [0.25, 0.3) is 11.3 Å². The third kappa shape index (κ3) is 4.26. The van der Waals surface area contributed by atoms with Crippen LogP contribution in [0.15, 0.2) is 60.7 Å². The zero-order valence-corrected chi connectivity index (χ0v) is 15.5. The molecule has 1 fully saturated rings. The van der Waals surface area contributed by atoms with E-state index in [2.05, 4.69) is 22.8 Å². The Morgan fingerprint density at radius 1 is 1.04 bits per heavy atom. The van der Waals surface area contributed by atoms with Gasteiger partial charge in [-0.25, -0.2) is 9.97 Å². The van der Waals surface area contributed by atoms with Gasteiger partial charge in [0.1, 0.15) is 17.4 Å². The summed E-state index contributed by atoms with van der Waals surface area (Å²) in [6.45, 7) is 2.01. The second-order valence-electron chi connectivity index (χ2n) is 6.76. The third-order valence-electron chi connectivity index (χ3n) is 4.84. The fourth-order valence-corrected chi connectivity index (χ4v) is 3.36. The summed E-state index contributed by atoms with van der Waals surface area (Å²) in [5.74, 6) is 2.90. The molecule has 5 heteroatoms. The Balaban J connectivity index is 1.68. The van der Waals surface area contributed by atoms with Gasteiger partial charge in [-0.2, -0.15) is 0 Å². The Kier molecular flexibility index (Phi) is 5.30. The minimum atomic E-state index is 0.346. The molecule has 2 aromatic carbocycles. The number of anilines is 2. The zero-order valence-electron chi connectivity index (χ0n) is 15.5. The van der Waals surface area contributed by atoms with E-state index in [-0.39, 0.29) is 0 Å². The Bertz CT molecular complexity index is 875. The van der Waals surface area contributed by atoms with Gasteiger partial charge in [0, 0.05) is 29.8 Å². The van der Waals surface area contributed by atoms with Gasteiger partial charge in [-0.3, -0.25) is 0 Å². The molecular formula is C22H24N4O. The highest BCUT2D eigenvalue weighted by Crippen LogP contribution is 2.27. The molecule has 138 valence electrons. The monoisotopic (exact) mass is 360 g/mol. The summed E-state index contributed by atoms with van der Waals surface area (Å²) in [5, 5.41) is 6.88. The van der Waals surface area contributed by atoms with E-state index in [1.54, 1.807) is 7.11 Å². The van der Waals surface area contributed by atoms with Crippen molar-refractivity contribution in [3.63, 3.8) is 0 Å². The second-order valence-corrected chi connectivity index (χ2v) is 6.76. The van der Waals surface area contributed by atoms with E-state index in [1.165, 1.54) is 0 Å². The van der Waals surface area contributed by atoms with Crippen molar-refractivity contribution in [2.45, 2.75) is 18.8 Å². The molecule has 0 radical (unpaired) electrons. The number of aromatic nitrogens is 2. The van der Waals surface area contributed by atoms with Gasteiger partial charge in [-0.05, 0) is 43.7 Å². The van der Waals surface area contributed by atoms with Gasteiger partial charge >= 0.3 is 0 Å². The molecule has 0 spiro atoms. The summed E-state index contributed by atoms with van der Waals surface area (Å²) in [4.78, 5) is 9.71. The Labute approximate surface area is 159 Å². The highest BCUT2D eigenvalue weighted by molar-refractivity contribution is 5.66. The molecular weight excluding hydrogens is 336 g/mol. The first-order chi connectivity index (χ1) is 13.3. The topological polar surface area (TPSA) is 59.1 Å². The predicted octanol–water partition coefficient (Wildman–Crippen LogP) is 4.36. The number of piperidine rings is 1. The standard InChI is InChI=1S/C22H24N4O/c1-27-19-11-9-18(10-12-19)24-21-14-20(16-6-3-2-4-7-16)25-22(26-21)17-8-5-13-23-15-17/h2-4,6-7,9-12,14,17,23H,5,8,13,15H2,1H3,(H,24,25,26). The van der Waals surface area contributed by atoms with E-state index in [0.717, 1.165) is 60.3 Å². The number of nitrogens with one attached hydrogen (secondary N) is 2. The van der Waals surface area contributed by atoms with E-state index in [0.29, 0.717) is 5.92 Å². The molecule has 3 aromatic rings. The SMILES string of the molecule is COc1ccc(Nc2cc(-c3ccccc3)nc(C3CCCNC3)n2)cc1. The summed E-state index contributed by atoms with van der Waals surface area (Å²) in [7, 11) is 1.67. The fourth-order valence-electron chi connectivity index (χ4n) is 3.36. The molecule has 0 bridgehead atoms. The molecule has 1 atom stereocenters. The molecule has 1 aromatic heterocycles. The summed E-state index contributed by atoms with van der Waals surface area (Å²) in [5.41, 5.74) is 3.02. The third-order valence-corrected chi connectivity index (χ3v) is 4.84. The second kappa shape index (κ2) is 8.18. The number of hydrogen-bond acceptors (Lipinski definition) is 5. The van der Waals surface area contributed by atoms with Gasteiger partial charge in [0.25, 0.3) is 0 Å². The van der Waals surface area contributed by atoms with Gasteiger partial charge in [-0.15, -0.1) is 0 Å². The lowest BCUT2D eigenvalue weighted by molar-refractivity contribution is 0.415. The van der Waals surface area contributed by atoms with Crippen molar-refractivity contribution in [2.24, 2.45) is 0 Å². The van der Waals surface area contributed by atoms with E-state index in [4.69, 9.17) is 14.7 Å². The van der Waals surface area contributed by atoms with Gasteiger partial charge < -0.3 is 15.4 Å². The average molecular weight is 360 g/mol. The summed E-state index contributed by atoms with van der Waals surface area (Å²) in [6, 6.07) is 20.1. The number of hydrogen-bond donors (Lipinski definition) is 2. The van der Waals surface area contributed by atoms with Crippen molar-refractivity contribution in [1.29, 1.82) is 0 Å². The van der Waals surface area contributed by atoms with Crippen molar-refractivity contribution in [3.05, 3.63) is 66.5 Å². The first kappa shape index (κ1) is 17.5. The largest absolute Gasteiger partial charge is 0.497 e. The van der Waals surface area contributed by atoms with Crippen LogP contribution in [0.1, 0.15) is 24.6 Å². The fraction of sp³-hybridized carbons (Fsp3) is 0.273. The number of nitrogens with zero attached hydrogens (tertiary/aromatic N) is 2.